The van der Waals surface area contributed by atoms with Crippen LogP contribution in [-0.4, -0.2) is 6.21 Å². The molecule has 0 saturated carbocycles. The van der Waals surface area contributed by atoms with Gasteiger partial charge in [-0.1, -0.05) is 63.4 Å². The summed E-state index contributed by atoms with van der Waals surface area (Å²) < 4.78 is 65.7. The Hall–Kier alpha value is -1.66. The van der Waals surface area contributed by atoms with Crippen LogP contribution in [0.4, 0.5) is 22.0 Å². The van der Waals surface area contributed by atoms with E-state index in [0.29, 0.717) is 6.42 Å². The number of hydrogen-bond donors (Lipinski definition) is 0. The molecule has 7 heteroatoms. The molecule has 0 saturated heterocycles. The fourth-order valence-corrected chi connectivity index (χ4v) is 2.53. The van der Waals surface area contributed by atoms with E-state index in [-0.39, 0.29) is 0 Å². The second kappa shape index (κ2) is 12.7. The van der Waals surface area contributed by atoms with Crippen molar-refractivity contribution < 1.29 is 26.8 Å². The van der Waals surface area contributed by atoms with Gasteiger partial charge in [-0.25, -0.2) is 22.0 Å². The normalized spacial score (nSPS) is 11.5. The molecule has 1 aromatic carbocycles. The van der Waals surface area contributed by atoms with Crippen molar-refractivity contribution >= 4 is 6.21 Å². The molecule has 0 radical (unpaired) electrons. The molecule has 0 aromatic heterocycles. The van der Waals surface area contributed by atoms with Crippen molar-refractivity contribution in [2.45, 2.75) is 77.7 Å². The van der Waals surface area contributed by atoms with Gasteiger partial charge in [0, 0.05) is 6.21 Å². The molecule has 0 spiro atoms. The molecule has 0 N–H and O–H groups in total. The average molecular weight is 379 g/mol. The summed E-state index contributed by atoms with van der Waals surface area (Å²) in [5, 5.41) is 3.50. The fraction of sp³-hybridized carbons (Fsp3) is 0.632. The van der Waals surface area contributed by atoms with Gasteiger partial charge in [0.2, 0.25) is 5.82 Å². The van der Waals surface area contributed by atoms with Gasteiger partial charge in [-0.2, -0.15) is 0 Å². The minimum atomic E-state index is -2.18. The number of oxime groups is 1. The van der Waals surface area contributed by atoms with Gasteiger partial charge < -0.3 is 4.84 Å². The Morgan fingerprint density at radius 3 is 1.69 bits per heavy atom. The standard InChI is InChI=1S/C19H26F5NO/c1-2-3-4-5-6-7-8-9-10-11-12-25-26-13-14-15(20)17(22)19(24)18(23)16(14)21/h12H,2-11,13H2,1H3/b25-12-. The van der Waals surface area contributed by atoms with Crippen molar-refractivity contribution in [2.75, 3.05) is 0 Å². The molecule has 0 fully saturated rings. The SMILES string of the molecule is CCCCCCCCCCC/C=N\OCc1c(F)c(F)c(F)c(F)c1F. The van der Waals surface area contributed by atoms with Crippen molar-refractivity contribution in [3.05, 3.63) is 34.6 Å². The van der Waals surface area contributed by atoms with Crippen LogP contribution in [0.15, 0.2) is 5.16 Å². The molecule has 0 unspecified atom stereocenters. The van der Waals surface area contributed by atoms with Crippen molar-refractivity contribution in [2.24, 2.45) is 5.16 Å². The maximum Gasteiger partial charge on any atom is 0.200 e. The quantitative estimate of drug-likeness (QED) is 0.0922. The maximum atomic E-state index is 13.4. The van der Waals surface area contributed by atoms with Crippen LogP contribution >= 0.6 is 0 Å². The highest BCUT2D eigenvalue weighted by Gasteiger charge is 2.25. The summed E-state index contributed by atoms with van der Waals surface area (Å²) in [6.45, 7) is 1.37. The summed E-state index contributed by atoms with van der Waals surface area (Å²) in [6, 6.07) is 0. The van der Waals surface area contributed by atoms with Crippen LogP contribution < -0.4 is 0 Å². The number of hydrogen-bond acceptors (Lipinski definition) is 2. The first-order valence-electron chi connectivity index (χ1n) is 9.14. The number of nitrogens with zero attached hydrogens (tertiary/aromatic N) is 1. The van der Waals surface area contributed by atoms with Gasteiger partial charge >= 0.3 is 0 Å². The van der Waals surface area contributed by atoms with Crippen LogP contribution in [0.2, 0.25) is 0 Å². The molecular formula is C19H26F5NO. The molecule has 26 heavy (non-hydrogen) atoms. The highest BCUT2D eigenvalue weighted by atomic mass is 19.2. The summed E-state index contributed by atoms with van der Waals surface area (Å²) >= 11 is 0. The Labute approximate surface area is 151 Å². The Bertz CT molecular complexity index is 549. The zero-order chi connectivity index (χ0) is 19.4. The minimum absolute atomic E-state index is 0.632. The monoisotopic (exact) mass is 379 g/mol. The third-order valence-electron chi connectivity index (χ3n) is 4.10. The predicted molar refractivity (Wildman–Crippen MR) is 91.4 cm³/mol. The van der Waals surface area contributed by atoms with Gasteiger partial charge in [0.25, 0.3) is 0 Å². The maximum absolute atomic E-state index is 13.4. The number of benzene rings is 1. The van der Waals surface area contributed by atoms with Crippen molar-refractivity contribution in [1.82, 2.24) is 0 Å². The van der Waals surface area contributed by atoms with E-state index in [1.807, 2.05) is 0 Å². The molecule has 0 aliphatic heterocycles. The largest absolute Gasteiger partial charge is 0.391 e. The summed E-state index contributed by atoms with van der Waals surface area (Å²) in [5.41, 5.74) is -1.03. The molecule has 0 atom stereocenters. The molecule has 0 amide bonds. The van der Waals surface area contributed by atoms with E-state index in [1.165, 1.54) is 44.7 Å². The van der Waals surface area contributed by atoms with Gasteiger partial charge in [0.15, 0.2) is 23.3 Å². The third-order valence-corrected chi connectivity index (χ3v) is 4.10. The van der Waals surface area contributed by atoms with E-state index in [0.717, 1.165) is 19.3 Å². The zero-order valence-electron chi connectivity index (χ0n) is 15.1. The molecule has 1 rings (SSSR count). The fourth-order valence-electron chi connectivity index (χ4n) is 2.53. The summed E-state index contributed by atoms with van der Waals surface area (Å²) in [7, 11) is 0. The summed E-state index contributed by atoms with van der Waals surface area (Å²) in [6.07, 6.45) is 12.7. The van der Waals surface area contributed by atoms with E-state index < -0.39 is 41.3 Å². The van der Waals surface area contributed by atoms with Gasteiger partial charge in [-0.05, 0) is 12.8 Å². The highest BCUT2D eigenvalue weighted by Crippen LogP contribution is 2.23. The first kappa shape index (κ1) is 22.4. The van der Waals surface area contributed by atoms with E-state index >= 15 is 0 Å². The molecule has 1 aromatic rings. The number of rotatable bonds is 13. The molecule has 0 aliphatic rings. The topological polar surface area (TPSA) is 21.6 Å². The lowest BCUT2D eigenvalue weighted by Gasteiger charge is -2.06. The predicted octanol–water partition coefficient (Wildman–Crippen LogP) is 6.81. The second-order valence-corrected chi connectivity index (χ2v) is 6.23. The van der Waals surface area contributed by atoms with Gasteiger partial charge in [-0.15, -0.1) is 0 Å². The zero-order valence-corrected chi connectivity index (χ0v) is 15.1. The Kier molecular flexibility index (Phi) is 10.9. The Morgan fingerprint density at radius 2 is 1.15 bits per heavy atom. The summed E-state index contributed by atoms with van der Waals surface area (Å²) in [4.78, 5) is 4.65. The Morgan fingerprint density at radius 1 is 0.692 bits per heavy atom. The lowest BCUT2D eigenvalue weighted by Crippen LogP contribution is -2.07. The van der Waals surface area contributed by atoms with Crippen molar-refractivity contribution in [3.63, 3.8) is 0 Å². The van der Waals surface area contributed by atoms with E-state index in [2.05, 4.69) is 16.9 Å². The van der Waals surface area contributed by atoms with Crippen molar-refractivity contribution in [3.8, 4) is 0 Å². The lowest BCUT2D eigenvalue weighted by molar-refractivity contribution is 0.124. The van der Waals surface area contributed by atoms with Crippen molar-refractivity contribution in [1.29, 1.82) is 0 Å². The van der Waals surface area contributed by atoms with E-state index in [9.17, 15) is 22.0 Å². The molecule has 2 nitrogen and oxygen atoms in total. The molecule has 0 bridgehead atoms. The first-order chi connectivity index (χ1) is 12.5. The molecule has 0 aliphatic carbocycles. The number of halogens is 5. The molecule has 148 valence electrons. The van der Waals surface area contributed by atoms with Crippen LogP contribution in [0, 0.1) is 29.1 Å². The number of unbranched alkanes of at least 4 members (excludes halogenated alkanes) is 9. The van der Waals surface area contributed by atoms with E-state index in [1.54, 1.807) is 0 Å². The lowest BCUT2D eigenvalue weighted by atomic mass is 10.1. The van der Waals surface area contributed by atoms with Crippen LogP contribution in [0.25, 0.3) is 0 Å². The van der Waals surface area contributed by atoms with E-state index in [4.69, 9.17) is 0 Å². The average Bonchev–Trinajstić information content (AvgIpc) is 2.64. The third kappa shape index (κ3) is 7.30. The highest BCUT2D eigenvalue weighted by molar-refractivity contribution is 5.56. The summed E-state index contributed by atoms with van der Waals surface area (Å²) in [5.74, 6) is -9.94. The molecule has 0 heterocycles. The van der Waals surface area contributed by atoms with Gasteiger partial charge in [-0.3, -0.25) is 0 Å². The van der Waals surface area contributed by atoms with Gasteiger partial charge in [0.1, 0.15) is 6.61 Å². The van der Waals surface area contributed by atoms with Crippen LogP contribution in [-0.2, 0) is 11.4 Å². The smallest absolute Gasteiger partial charge is 0.200 e. The van der Waals surface area contributed by atoms with Crippen LogP contribution in [0.3, 0.4) is 0 Å². The Balaban J connectivity index is 2.19. The molecular weight excluding hydrogens is 353 g/mol. The second-order valence-electron chi connectivity index (χ2n) is 6.23. The van der Waals surface area contributed by atoms with Gasteiger partial charge in [0.05, 0.1) is 5.56 Å². The first-order valence-corrected chi connectivity index (χ1v) is 9.14. The minimum Gasteiger partial charge on any atom is -0.391 e. The van der Waals surface area contributed by atoms with Crippen LogP contribution in [0.5, 0.6) is 0 Å². The van der Waals surface area contributed by atoms with Crippen LogP contribution in [0.1, 0.15) is 76.7 Å².